The van der Waals surface area contributed by atoms with Crippen LogP contribution < -0.4 is 4.90 Å². The normalized spacial score (nSPS) is 16.5. The summed E-state index contributed by atoms with van der Waals surface area (Å²) in [5, 5.41) is 0.136. The molecule has 0 radical (unpaired) electrons. The molecular formula is C16H8BrClFNO2S. The van der Waals surface area contributed by atoms with Gasteiger partial charge in [-0.15, -0.1) is 0 Å². The summed E-state index contributed by atoms with van der Waals surface area (Å²) in [7, 11) is 0. The number of carbonyl (C=O) groups is 2. The molecule has 0 aliphatic carbocycles. The molecule has 1 heterocycles. The molecule has 7 heteroatoms. The number of hydrogen-bond acceptors (Lipinski definition) is 3. The predicted molar refractivity (Wildman–Crippen MR) is 94.0 cm³/mol. The summed E-state index contributed by atoms with van der Waals surface area (Å²) in [5.74, 6) is -0.806. The van der Waals surface area contributed by atoms with Crippen molar-refractivity contribution >= 4 is 62.2 Å². The highest BCUT2D eigenvalue weighted by Gasteiger charge is 2.36. The third kappa shape index (κ3) is 3.34. The van der Waals surface area contributed by atoms with Crippen LogP contribution in [0.3, 0.4) is 0 Å². The first kappa shape index (κ1) is 16.2. The van der Waals surface area contributed by atoms with Crippen LogP contribution in [-0.4, -0.2) is 11.1 Å². The summed E-state index contributed by atoms with van der Waals surface area (Å²) < 4.78 is 13.5. The van der Waals surface area contributed by atoms with Crippen molar-refractivity contribution in [3.05, 3.63) is 68.2 Å². The zero-order valence-electron chi connectivity index (χ0n) is 11.4. The number of hydrogen-bond donors (Lipinski definition) is 0. The Balaban J connectivity index is 1.92. The van der Waals surface area contributed by atoms with Gasteiger partial charge < -0.3 is 0 Å². The quantitative estimate of drug-likeness (QED) is 0.613. The van der Waals surface area contributed by atoms with Gasteiger partial charge >= 0.3 is 0 Å². The lowest BCUT2D eigenvalue weighted by molar-refractivity contribution is -0.113. The molecule has 0 atom stereocenters. The van der Waals surface area contributed by atoms with Gasteiger partial charge in [-0.1, -0.05) is 17.7 Å². The van der Waals surface area contributed by atoms with Gasteiger partial charge in [0.15, 0.2) is 0 Å². The van der Waals surface area contributed by atoms with Crippen LogP contribution in [0.2, 0.25) is 5.02 Å². The van der Waals surface area contributed by atoms with E-state index in [1.54, 1.807) is 36.4 Å². The van der Waals surface area contributed by atoms with Crippen molar-refractivity contribution in [2.24, 2.45) is 0 Å². The van der Waals surface area contributed by atoms with Crippen LogP contribution in [0.1, 0.15) is 5.56 Å². The van der Waals surface area contributed by atoms with Crippen LogP contribution in [0.4, 0.5) is 14.9 Å². The smallest absolute Gasteiger partial charge is 0.268 e. The van der Waals surface area contributed by atoms with Gasteiger partial charge in [-0.25, -0.2) is 9.29 Å². The van der Waals surface area contributed by atoms with Gasteiger partial charge in [-0.2, -0.15) is 0 Å². The lowest BCUT2D eigenvalue weighted by atomic mass is 10.2. The van der Waals surface area contributed by atoms with E-state index in [1.807, 2.05) is 0 Å². The van der Waals surface area contributed by atoms with E-state index in [1.165, 1.54) is 12.1 Å². The van der Waals surface area contributed by atoms with Crippen LogP contribution in [0.25, 0.3) is 6.08 Å². The van der Waals surface area contributed by atoms with E-state index in [4.69, 9.17) is 11.6 Å². The SMILES string of the molecule is O=C1S/C(=C\c2ccc(F)c(Br)c2)C(=O)N1c1ccc(Cl)cc1. The number of thioether (sulfide) groups is 1. The van der Waals surface area contributed by atoms with E-state index in [0.717, 1.165) is 16.7 Å². The molecular weight excluding hydrogens is 405 g/mol. The summed E-state index contributed by atoms with van der Waals surface area (Å²) in [4.78, 5) is 25.9. The van der Waals surface area contributed by atoms with Crippen molar-refractivity contribution in [3.8, 4) is 0 Å². The standard InChI is InChI=1S/C16H8BrClFNO2S/c17-12-7-9(1-6-13(12)19)8-14-15(21)20(16(22)23-14)11-4-2-10(18)3-5-11/h1-8H/b14-8-. The van der Waals surface area contributed by atoms with Gasteiger partial charge in [-0.3, -0.25) is 9.59 Å². The molecule has 0 aromatic heterocycles. The number of benzene rings is 2. The summed E-state index contributed by atoms with van der Waals surface area (Å²) in [6.07, 6.45) is 1.56. The molecule has 1 saturated heterocycles. The number of halogens is 3. The molecule has 0 bridgehead atoms. The lowest BCUT2D eigenvalue weighted by Crippen LogP contribution is -2.27. The van der Waals surface area contributed by atoms with Crippen LogP contribution in [0.15, 0.2) is 51.8 Å². The Morgan fingerprint density at radius 1 is 1.13 bits per heavy atom. The first-order valence-corrected chi connectivity index (χ1v) is 8.43. The summed E-state index contributed by atoms with van der Waals surface area (Å²) >= 11 is 9.75. The maximum Gasteiger partial charge on any atom is 0.298 e. The average molecular weight is 413 g/mol. The fourth-order valence-corrected chi connectivity index (χ4v) is 3.40. The summed E-state index contributed by atoms with van der Waals surface area (Å²) in [5.41, 5.74) is 1.08. The lowest BCUT2D eigenvalue weighted by Gasteiger charge is -2.12. The molecule has 0 spiro atoms. The fraction of sp³-hybridized carbons (Fsp3) is 0. The highest BCUT2D eigenvalue weighted by atomic mass is 79.9. The largest absolute Gasteiger partial charge is 0.298 e. The molecule has 0 saturated carbocycles. The Morgan fingerprint density at radius 2 is 1.83 bits per heavy atom. The molecule has 3 rings (SSSR count). The van der Waals surface area contributed by atoms with Crippen molar-refractivity contribution < 1.29 is 14.0 Å². The molecule has 116 valence electrons. The second-order valence-corrected chi connectivity index (χ2v) is 6.95. The first-order valence-electron chi connectivity index (χ1n) is 6.44. The second kappa shape index (κ2) is 6.47. The fourth-order valence-electron chi connectivity index (χ4n) is 2.03. The van der Waals surface area contributed by atoms with Gasteiger partial charge in [0.1, 0.15) is 5.82 Å². The molecule has 2 aromatic rings. The van der Waals surface area contributed by atoms with Gasteiger partial charge in [0.25, 0.3) is 11.1 Å². The highest BCUT2D eigenvalue weighted by molar-refractivity contribution is 9.10. The molecule has 0 unspecified atom stereocenters. The molecule has 3 nitrogen and oxygen atoms in total. The first-order chi connectivity index (χ1) is 11.0. The van der Waals surface area contributed by atoms with Crippen molar-refractivity contribution in [2.45, 2.75) is 0 Å². The Hall–Kier alpha value is -1.63. The van der Waals surface area contributed by atoms with E-state index in [-0.39, 0.29) is 10.1 Å². The van der Waals surface area contributed by atoms with Crippen molar-refractivity contribution in [1.82, 2.24) is 0 Å². The van der Waals surface area contributed by atoms with E-state index in [9.17, 15) is 14.0 Å². The zero-order valence-corrected chi connectivity index (χ0v) is 14.6. The van der Waals surface area contributed by atoms with E-state index in [2.05, 4.69) is 15.9 Å². The van der Waals surface area contributed by atoms with E-state index >= 15 is 0 Å². The molecule has 2 aromatic carbocycles. The minimum atomic E-state index is -0.414. The Labute approximate surface area is 149 Å². The van der Waals surface area contributed by atoms with Crippen LogP contribution >= 0.6 is 39.3 Å². The highest BCUT2D eigenvalue weighted by Crippen LogP contribution is 2.36. The van der Waals surface area contributed by atoms with Gasteiger partial charge in [0.05, 0.1) is 15.1 Å². The minimum absolute atomic E-state index is 0.281. The van der Waals surface area contributed by atoms with Crippen LogP contribution in [0, 0.1) is 5.82 Å². The minimum Gasteiger partial charge on any atom is -0.268 e. The monoisotopic (exact) mass is 411 g/mol. The predicted octanol–water partition coefficient (Wildman–Crippen LogP) is 5.48. The number of nitrogens with zero attached hydrogens (tertiary/aromatic N) is 1. The maximum atomic E-state index is 13.3. The molecule has 23 heavy (non-hydrogen) atoms. The molecule has 0 N–H and O–H groups in total. The Morgan fingerprint density at radius 3 is 2.48 bits per heavy atom. The number of carbonyl (C=O) groups excluding carboxylic acids is 2. The maximum absolute atomic E-state index is 13.3. The van der Waals surface area contributed by atoms with E-state index < -0.39 is 11.7 Å². The van der Waals surface area contributed by atoms with Gasteiger partial charge in [-0.05, 0) is 75.7 Å². The molecule has 2 amide bonds. The van der Waals surface area contributed by atoms with Crippen molar-refractivity contribution in [1.29, 1.82) is 0 Å². The van der Waals surface area contributed by atoms with E-state index in [0.29, 0.717) is 20.7 Å². The number of amides is 2. The average Bonchev–Trinajstić information content (AvgIpc) is 2.79. The second-order valence-electron chi connectivity index (χ2n) is 4.67. The van der Waals surface area contributed by atoms with Gasteiger partial charge in [0.2, 0.25) is 0 Å². The van der Waals surface area contributed by atoms with Crippen molar-refractivity contribution in [3.63, 3.8) is 0 Å². The van der Waals surface area contributed by atoms with Gasteiger partial charge in [0, 0.05) is 5.02 Å². The molecule has 1 aliphatic rings. The third-order valence-electron chi connectivity index (χ3n) is 3.12. The number of rotatable bonds is 2. The summed E-state index contributed by atoms with van der Waals surface area (Å²) in [6.45, 7) is 0. The third-order valence-corrected chi connectivity index (χ3v) is 4.85. The zero-order chi connectivity index (χ0) is 16.6. The Bertz CT molecular complexity index is 838. The van der Waals surface area contributed by atoms with Crippen LogP contribution in [-0.2, 0) is 4.79 Å². The molecule has 1 aliphatic heterocycles. The topological polar surface area (TPSA) is 37.4 Å². The van der Waals surface area contributed by atoms with Crippen molar-refractivity contribution in [2.75, 3.05) is 4.90 Å². The summed E-state index contributed by atoms with van der Waals surface area (Å²) in [6, 6.07) is 10.8. The number of imide groups is 1. The van der Waals surface area contributed by atoms with Crippen LogP contribution in [0.5, 0.6) is 0 Å². The number of anilines is 1. The molecule has 1 fully saturated rings. The Kier molecular flexibility index (Phi) is 4.57.